The van der Waals surface area contributed by atoms with Crippen LogP contribution in [0, 0.1) is 0 Å². The van der Waals surface area contributed by atoms with Crippen LogP contribution in [-0.2, 0) is 4.74 Å². The van der Waals surface area contributed by atoms with Crippen LogP contribution in [0.4, 0.5) is 0 Å². The quantitative estimate of drug-likeness (QED) is 0.599. The van der Waals surface area contributed by atoms with Crippen LogP contribution in [0.2, 0.25) is 0 Å². The standard InChI is InChI=1S/C8H18O3/c1-3-4-8(6-10)11-7(2)5-9/h7-10H,3-6H2,1-2H3. The van der Waals surface area contributed by atoms with Gasteiger partial charge in [0.15, 0.2) is 0 Å². The fourth-order valence-corrected chi connectivity index (χ4v) is 0.896. The molecule has 0 rings (SSSR count). The predicted molar refractivity (Wildman–Crippen MR) is 43.4 cm³/mol. The van der Waals surface area contributed by atoms with Crippen molar-refractivity contribution in [2.24, 2.45) is 0 Å². The van der Waals surface area contributed by atoms with E-state index in [1.807, 2.05) is 6.92 Å². The summed E-state index contributed by atoms with van der Waals surface area (Å²) in [5.74, 6) is 0. The van der Waals surface area contributed by atoms with Crippen molar-refractivity contribution in [1.82, 2.24) is 0 Å². The highest BCUT2D eigenvalue weighted by atomic mass is 16.5. The largest absolute Gasteiger partial charge is 0.394 e. The molecule has 0 fully saturated rings. The molecule has 2 unspecified atom stereocenters. The molecule has 3 heteroatoms. The highest BCUT2D eigenvalue weighted by Crippen LogP contribution is 2.04. The average Bonchev–Trinajstić information content (AvgIpc) is 2.03. The van der Waals surface area contributed by atoms with Gasteiger partial charge in [-0.2, -0.15) is 0 Å². The summed E-state index contributed by atoms with van der Waals surface area (Å²) in [6.07, 6.45) is 1.56. The first-order chi connectivity index (χ1) is 5.24. The molecule has 0 saturated heterocycles. The van der Waals surface area contributed by atoms with E-state index in [0.717, 1.165) is 12.8 Å². The van der Waals surface area contributed by atoms with Crippen LogP contribution in [0.1, 0.15) is 26.7 Å². The number of rotatable bonds is 6. The lowest BCUT2D eigenvalue weighted by Crippen LogP contribution is -2.25. The van der Waals surface area contributed by atoms with E-state index in [4.69, 9.17) is 14.9 Å². The van der Waals surface area contributed by atoms with E-state index in [-0.39, 0.29) is 25.4 Å². The molecule has 0 aromatic carbocycles. The third-order valence-electron chi connectivity index (χ3n) is 1.50. The molecule has 0 aromatic rings. The number of ether oxygens (including phenoxy) is 1. The Morgan fingerprint density at radius 3 is 2.27 bits per heavy atom. The summed E-state index contributed by atoms with van der Waals surface area (Å²) in [4.78, 5) is 0. The summed E-state index contributed by atoms with van der Waals surface area (Å²) in [5.41, 5.74) is 0. The van der Waals surface area contributed by atoms with Crippen LogP contribution in [0.25, 0.3) is 0 Å². The van der Waals surface area contributed by atoms with Gasteiger partial charge in [-0.15, -0.1) is 0 Å². The van der Waals surface area contributed by atoms with Crippen molar-refractivity contribution in [1.29, 1.82) is 0 Å². The van der Waals surface area contributed by atoms with Crippen molar-refractivity contribution in [3.8, 4) is 0 Å². The minimum absolute atomic E-state index is 0.0141. The van der Waals surface area contributed by atoms with Gasteiger partial charge in [0.2, 0.25) is 0 Å². The lowest BCUT2D eigenvalue weighted by atomic mass is 10.2. The van der Waals surface area contributed by atoms with E-state index in [0.29, 0.717) is 0 Å². The highest BCUT2D eigenvalue weighted by molar-refractivity contribution is 4.57. The fraction of sp³-hybridized carbons (Fsp3) is 1.00. The van der Waals surface area contributed by atoms with E-state index >= 15 is 0 Å². The number of hydrogen-bond acceptors (Lipinski definition) is 3. The first-order valence-corrected chi connectivity index (χ1v) is 4.11. The Labute approximate surface area is 68.0 Å². The molecule has 0 amide bonds. The van der Waals surface area contributed by atoms with E-state index in [2.05, 4.69) is 0 Å². The summed E-state index contributed by atoms with van der Waals surface area (Å²) >= 11 is 0. The molecule has 0 aliphatic heterocycles. The van der Waals surface area contributed by atoms with Gasteiger partial charge in [-0.25, -0.2) is 0 Å². The Bertz CT molecular complexity index is 85.4. The normalized spacial score (nSPS) is 16.4. The second kappa shape index (κ2) is 6.58. The van der Waals surface area contributed by atoms with Crippen molar-refractivity contribution in [2.45, 2.75) is 38.9 Å². The van der Waals surface area contributed by atoms with Gasteiger partial charge in [0.25, 0.3) is 0 Å². The first kappa shape index (κ1) is 10.9. The van der Waals surface area contributed by atoms with Crippen LogP contribution in [0.5, 0.6) is 0 Å². The molecule has 0 heterocycles. The molecule has 2 atom stereocenters. The molecule has 11 heavy (non-hydrogen) atoms. The number of aliphatic hydroxyl groups excluding tert-OH is 2. The monoisotopic (exact) mass is 162 g/mol. The third kappa shape index (κ3) is 5.18. The summed E-state index contributed by atoms with van der Waals surface area (Å²) < 4.78 is 5.29. The second-order valence-electron chi connectivity index (χ2n) is 2.72. The maximum Gasteiger partial charge on any atom is 0.0810 e. The minimum Gasteiger partial charge on any atom is -0.394 e. The molecule has 0 bridgehead atoms. The zero-order chi connectivity index (χ0) is 8.69. The summed E-state index contributed by atoms with van der Waals surface area (Å²) in [6.45, 7) is 3.88. The topological polar surface area (TPSA) is 49.7 Å². The average molecular weight is 162 g/mol. The van der Waals surface area contributed by atoms with E-state index in [1.165, 1.54) is 0 Å². The van der Waals surface area contributed by atoms with E-state index in [1.54, 1.807) is 6.92 Å². The summed E-state index contributed by atoms with van der Waals surface area (Å²) in [5, 5.41) is 17.4. The van der Waals surface area contributed by atoms with E-state index in [9.17, 15) is 0 Å². The Kier molecular flexibility index (Phi) is 6.51. The number of aliphatic hydroxyl groups is 2. The lowest BCUT2D eigenvalue weighted by molar-refractivity contribution is -0.0548. The molecule has 0 aliphatic rings. The predicted octanol–water partition coefficient (Wildman–Crippen LogP) is 0.545. The number of hydrogen-bond donors (Lipinski definition) is 2. The van der Waals surface area contributed by atoms with E-state index < -0.39 is 0 Å². The maximum absolute atomic E-state index is 8.79. The molecule has 68 valence electrons. The van der Waals surface area contributed by atoms with Crippen LogP contribution < -0.4 is 0 Å². The Morgan fingerprint density at radius 2 is 1.91 bits per heavy atom. The molecule has 3 nitrogen and oxygen atoms in total. The van der Waals surface area contributed by atoms with Crippen molar-refractivity contribution in [3.63, 3.8) is 0 Å². The first-order valence-electron chi connectivity index (χ1n) is 4.11. The lowest BCUT2D eigenvalue weighted by Gasteiger charge is -2.18. The SMILES string of the molecule is CCCC(CO)OC(C)CO. The van der Waals surface area contributed by atoms with Crippen LogP contribution >= 0.6 is 0 Å². The Balaban J connectivity index is 3.49. The van der Waals surface area contributed by atoms with Gasteiger partial charge in [-0.05, 0) is 13.3 Å². The smallest absolute Gasteiger partial charge is 0.0810 e. The van der Waals surface area contributed by atoms with Crippen molar-refractivity contribution in [3.05, 3.63) is 0 Å². The summed E-state index contributed by atoms with van der Waals surface area (Å²) in [6, 6.07) is 0. The van der Waals surface area contributed by atoms with Gasteiger partial charge in [-0.3, -0.25) is 0 Å². The van der Waals surface area contributed by atoms with Crippen LogP contribution in [0.3, 0.4) is 0 Å². The Hall–Kier alpha value is -0.120. The van der Waals surface area contributed by atoms with Gasteiger partial charge >= 0.3 is 0 Å². The molecule has 0 saturated carbocycles. The fourth-order valence-electron chi connectivity index (χ4n) is 0.896. The van der Waals surface area contributed by atoms with Gasteiger partial charge in [0, 0.05) is 0 Å². The van der Waals surface area contributed by atoms with Crippen molar-refractivity contribution in [2.75, 3.05) is 13.2 Å². The van der Waals surface area contributed by atoms with Gasteiger partial charge in [-0.1, -0.05) is 13.3 Å². The van der Waals surface area contributed by atoms with Gasteiger partial charge in [0.05, 0.1) is 25.4 Å². The molecular weight excluding hydrogens is 144 g/mol. The zero-order valence-electron chi connectivity index (χ0n) is 7.29. The molecular formula is C8H18O3. The van der Waals surface area contributed by atoms with Crippen LogP contribution in [0.15, 0.2) is 0 Å². The molecule has 2 N–H and O–H groups in total. The second-order valence-corrected chi connectivity index (χ2v) is 2.72. The van der Waals surface area contributed by atoms with Crippen molar-refractivity contribution >= 4 is 0 Å². The molecule has 0 aromatic heterocycles. The molecule has 0 radical (unpaired) electrons. The van der Waals surface area contributed by atoms with Crippen molar-refractivity contribution < 1.29 is 14.9 Å². The maximum atomic E-state index is 8.79. The molecule has 0 spiro atoms. The Morgan fingerprint density at radius 1 is 1.27 bits per heavy atom. The van der Waals surface area contributed by atoms with Gasteiger partial charge in [0.1, 0.15) is 0 Å². The zero-order valence-corrected chi connectivity index (χ0v) is 7.29. The minimum atomic E-state index is -0.168. The summed E-state index contributed by atoms with van der Waals surface area (Å²) in [7, 11) is 0. The molecule has 0 aliphatic carbocycles. The highest BCUT2D eigenvalue weighted by Gasteiger charge is 2.09. The van der Waals surface area contributed by atoms with Crippen LogP contribution in [-0.4, -0.2) is 35.6 Å². The van der Waals surface area contributed by atoms with Gasteiger partial charge < -0.3 is 14.9 Å². The third-order valence-corrected chi connectivity index (χ3v) is 1.50.